The lowest BCUT2D eigenvalue weighted by atomic mass is 10.0. The van der Waals surface area contributed by atoms with Crippen molar-refractivity contribution >= 4 is 27.1 Å². The van der Waals surface area contributed by atoms with E-state index < -0.39 is 16.3 Å². The first-order valence-corrected chi connectivity index (χ1v) is 16.6. The molecule has 41 heavy (non-hydrogen) atoms. The van der Waals surface area contributed by atoms with Crippen LogP contribution in [-0.4, -0.2) is 34.9 Å². The van der Waals surface area contributed by atoms with Crippen molar-refractivity contribution < 1.29 is 22.0 Å². The second-order valence-electron chi connectivity index (χ2n) is 11.4. The number of amides is 1. The standard InChI is InChI=1S/C30H36F2N4O3S2/c1-19(2)27-26-25(18-36(27)17-21-7-9-22(10-8-21)28(31)32)40-30(35-26)29(37)34-15-23-11-12-24(16-33-23)41(38,39)14-13-20-5-3-4-6-20/h7-12,16,19-20,27-28H,3-6,13-15,17-18H2,1-2H3,(H,34,37)/t27-/m0/s1. The lowest BCUT2D eigenvalue weighted by Crippen LogP contribution is -2.27. The molecule has 1 atom stereocenters. The van der Waals surface area contributed by atoms with Crippen LogP contribution in [0.4, 0.5) is 8.78 Å². The first-order chi connectivity index (χ1) is 19.6. The monoisotopic (exact) mass is 602 g/mol. The highest BCUT2D eigenvalue weighted by Gasteiger charge is 2.36. The number of alkyl halides is 2. The van der Waals surface area contributed by atoms with E-state index >= 15 is 0 Å². The molecule has 1 aliphatic carbocycles. The summed E-state index contributed by atoms with van der Waals surface area (Å²) in [6.07, 6.45) is 4.20. The van der Waals surface area contributed by atoms with E-state index in [1.165, 1.54) is 42.5 Å². The van der Waals surface area contributed by atoms with Crippen molar-refractivity contribution in [1.82, 2.24) is 20.2 Å². The Hall–Kier alpha value is -2.76. The summed E-state index contributed by atoms with van der Waals surface area (Å²) in [5.41, 5.74) is 2.43. The highest BCUT2D eigenvalue weighted by atomic mass is 32.2. The maximum atomic E-state index is 12.9. The van der Waals surface area contributed by atoms with E-state index in [-0.39, 0.29) is 40.6 Å². The van der Waals surface area contributed by atoms with E-state index in [1.54, 1.807) is 24.3 Å². The van der Waals surface area contributed by atoms with Gasteiger partial charge in [-0.05, 0) is 36.0 Å². The summed E-state index contributed by atoms with van der Waals surface area (Å²) >= 11 is 1.36. The Morgan fingerprint density at radius 3 is 2.49 bits per heavy atom. The van der Waals surface area contributed by atoms with Gasteiger partial charge in [-0.2, -0.15) is 0 Å². The smallest absolute Gasteiger partial charge is 0.280 e. The SMILES string of the molecule is CC(C)[C@H]1c2nc(C(=O)NCc3ccc(S(=O)(=O)CCC4CCCC4)cn3)sc2CN1Cc1ccc(C(F)F)cc1. The molecule has 5 rings (SSSR count). The third-order valence-electron chi connectivity index (χ3n) is 8.05. The number of rotatable bonds is 11. The summed E-state index contributed by atoms with van der Waals surface area (Å²) in [7, 11) is -3.37. The normalized spacial score (nSPS) is 18.0. The quantitative estimate of drug-likeness (QED) is 0.270. The zero-order chi connectivity index (χ0) is 29.1. The highest BCUT2D eigenvalue weighted by molar-refractivity contribution is 7.91. The van der Waals surface area contributed by atoms with Crippen molar-refractivity contribution in [2.24, 2.45) is 11.8 Å². The fourth-order valence-electron chi connectivity index (χ4n) is 5.84. The van der Waals surface area contributed by atoms with Gasteiger partial charge in [0.2, 0.25) is 0 Å². The van der Waals surface area contributed by atoms with Crippen molar-refractivity contribution in [1.29, 1.82) is 0 Å². The van der Waals surface area contributed by atoms with Gasteiger partial charge in [-0.1, -0.05) is 63.8 Å². The summed E-state index contributed by atoms with van der Waals surface area (Å²) in [5, 5.41) is 3.24. The van der Waals surface area contributed by atoms with Crippen molar-refractivity contribution in [3.8, 4) is 0 Å². The molecule has 0 spiro atoms. The Bertz CT molecular complexity index is 1450. The highest BCUT2D eigenvalue weighted by Crippen LogP contribution is 2.42. The summed E-state index contributed by atoms with van der Waals surface area (Å²) in [6, 6.07) is 9.64. The molecule has 2 aromatic heterocycles. The minimum absolute atomic E-state index is 0.0118. The molecule has 3 heterocycles. The van der Waals surface area contributed by atoms with Crippen LogP contribution in [0.15, 0.2) is 47.5 Å². The number of fused-ring (bicyclic) bond motifs is 1. The number of carbonyl (C=O) groups excluding carboxylic acids is 1. The van der Waals surface area contributed by atoms with Gasteiger partial charge in [0.05, 0.1) is 34.6 Å². The van der Waals surface area contributed by atoms with E-state index in [0.717, 1.165) is 29.0 Å². The molecule has 0 saturated heterocycles. The average molecular weight is 603 g/mol. The van der Waals surface area contributed by atoms with Gasteiger partial charge in [-0.3, -0.25) is 14.7 Å². The van der Waals surface area contributed by atoms with Gasteiger partial charge >= 0.3 is 0 Å². The van der Waals surface area contributed by atoms with Gasteiger partial charge < -0.3 is 5.32 Å². The van der Waals surface area contributed by atoms with Crippen LogP contribution in [-0.2, 0) is 29.5 Å². The molecule has 7 nitrogen and oxygen atoms in total. The first-order valence-electron chi connectivity index (χ1n) is 14.2. The van der Waals surface area contributed by atoms with Crippen molar-refractivity contribution in [3.63, 3.8) is 0 Å². The minimum atomic E-state index is -3.37. The Balaban J connectivity index is 1.17. The van der Waals surface area contributed by atoms with Crippen LogP contribution in [0.2, 0.25) is 0 Å². The third-order valence-corrected chi connectivity index (χ3v) is 10.8. The van der Waals surface area contributed by atoms with E-state index in [0.29, 0.717) is 36.1 Å². The molecule has 11 heteroatoms. The van der Waals surface area contributed by atoms with E-state index in [1.807, 2.05) is 0 Å². The van der Waals surface area contributed by atoms with Crippen molar-refractivity contribution in [3.05, 3.63) is 75.0 Å². The number of carbonyl (C=O) groups is 1. The number of thiazole rings is 1. The average Bonchev–Trinajstić information content (AvgIpc) is 3.68. The summed E-state index contributed by atoms with van der Waals surface area (Å²) in [6.45, 7) is 5.62. The fraction of sp³-hybridized carbons (Fsp3) is 0.500. The number of nitrogens with one attached hydrogen (secondary N) is 1. The molecule has 0 radical (unpaired) electrons. The molecule has 3 aromatic rings. The molecule has 1 aliphatic heterocycles. The van der Waals surface area contributed by atoms with Crippen LogP contribution >= 0.6 is 11.3 Å². The summed E-state index contributed by atoms with van der Waals surface area (Å²) in [5.74, 6) is 0.595. The molecule has 1 aromatic carbocycles. The lowest BCUT2D eigenvalue weighted by molar-refractivity contribution is 0.0948. The molecule has 0 unspecified atom stereocenters. The molecule has 220 valence electrons. The molecular weight excluding hydrogens is 566 g/mol. The molecule has 1 N–H and O–H groups in total. The van der Waals surface area contributed by atoms with Gasteiger partial charge in [0.1, 0.15) is 0 Å². The molecular formula is C30H36F2N4O3S2. The molecule has 1 saturated carbocycles. The van der Waals surface area contributed by atoms with Crippen LogP contribution in [0.5, 0.6) is 0 Å². The lowest BCUT2D eigenvalue weighted by Gasteiger charge is -2.27. The molecule has 0 bridgehead atoms. The minimum Gasteiger partial charge on any atom is -0.344 e. The van der Waals surface area contributed by atoms with E-state index in [2.05, 4.69) is 29.0 Å². The van der Waals surface area contributed by atoms with Crippen LogP contribution in [0.1, 0.15) is 95.6 Å². The number of halogens is 2. The second kappa shape index (κ2) is 12.6. The number of benzene rings is 1. The number of sulfone groups is 1. The Kier molecular flexibility index (Phi) is 9.15. The number of aromatic nitrogens is 2. The van der Waals surface area contributed by atoms with Crippen LogP contribution in [0.3, 0.4) is 0 Å². The summed E-state index contributed by atoms with van der Waals surface area (Å²) < 4.78 is 51.3. The Labute approximate surface area is 244 Å². The van der Waals surface area contributed by atoms with E-state index in [4.69, 9.17) is 4.98 Å². The Morgan fingerprint density at radius 1 is 1.12 bits per heavy atom. The van der Waals surface area contributed by atoms with Crippen LogP contribution < -0.4 is 5.32 Å². The maximum Gasteiger partial charge on any atom is 0.280 e. The molecule has 1 amide bonds. The number of pyridine rings is 1. The van der Waals surface area contributed by atoms with Gasteiger partial charge in [-0.25, -0.2) is 22.2 Å². The van der Waals surface area contributed by atoms with Gasteiger partial charge in [0, 0.05) is 29.7 Å². The van der Waals surface area contributed by atoms with E-state index in [9.17, 15) is 22.0 Å². The predicted octanol–water partition coefficient (Wildman–Crippen LogP) is 6.47. The van der Waals surface area contributed by atoms with Crippen LogP contribution in [0, 0.1) is 11.8 Å². The van der Waals surface area contributed by atoms with Crippen molar-refractivity contribution in [2.75, 3.05) is 5.75 Å². The maximum absolute atomic E-state index is 12.9. The molecule has 1 fully saturated rings. The summed E-state index contributed by atoms with van der Waals surface area (Å²) in [4.78, 5) is 25.4. The number of hydrogen-bond acceptors (Lipinski definition) is 7. The Morgan fingerprint density at radius 2 is 1.85 bits per heavy atom. The van der Waals surface area contributed by atoms with Gasteiger partial charge in [0.15, 0.2) is 14.8 Å². The predicted molar refractivity (Wildman–Crippen MR) is 154 cm³/mol. The topological polar surface area (TPSA) is 92.3 Å². The number of nitrogens with zero attached hydrogens (tertiary/aromatic N) is 3. The molecule has 2 aliphatic rings. The zero-order valence-electron chi connectivity index (χ0n) is 23.4. The zero-order valence-corrected chi connectivity index (χ0v) is 25.0. The van der Waals surface area contributed by atoms with Gasteiger partial charge in [-0.15, -0.1) is 11.3 Å². The number of hydrogen-bond donors (Lipinski definition) is 1. The van der Waals surface area contributed by atoms with Crippen LogP contribution in [0.25, 0.3) is 0 Å². The second-order valence-corrected chi connectivity index (χ2v) is 14.6. The van der Waals surface area contributed by atoms with Gasteiger partial charge in [0.25, 0.3) is 12.3 Å². The first kappa shape index (κ1) is 29.7. The van der Waals surface area contributed by atoms with Crippen molar-refractivity contribution in [2.45, 2.75) is 82.9 Å². The fourth-order valence-corrected chi connectivity index (χ4v) is 8.25. The third kappa shape index (κ3) is 7.01. The largest absolute Gasteiger partial charge is 0.344 e.